The molecule has 1 rings (SSSR count). The van der Waals surface area contributed by atoms with Crippen molar-refractivity contribution in [3.63, 3.8) is 0 Å². The van der Waals surface area contributed by atoms with Gasteiger partial charge in [-0.25, -0.2) is 0 Å². The van der Waals surface area contributed by atoms with Gasteiger partial charge in [-0.1, -0.05) is 42.1 Å². The minimum absolute atomic E-state index is 0.725. The third-order valence-corrected chi connectivity index (χ3v) is 3.97. The first-order valence-corrected chi connectivity index (χ1v) is 6.28. The summed E-state index contributed by atoms with van der Waals surface area (Å²) in [7, 11) is 1.80. The van der Waals surface area contributed by atoms with E-state index in [2.05, 4.69) is 22.9 Å². The second kappa shape index (κ2) is 6.02. The average Bonchev–Trinajstić information content (AvgIpc) is 2.30. The summed E-state index contributed by atoms with van der Waals surface area (Å²) in [5, 5.41) is 0. The normalized spacial score (nSPS) is 32.5. The Morgan fingerprint density at radius 2 is 2.08 bits per heavy atom. The predicted molar refractivity (Wildman–Crippen MR) is 60.3 cm³/mol. The van der Waals surface area contributed by atoms with Gasteiger partial charge in [-0.05, 0) is 24.7 Å². The number of hydrogen-bond acceptors (Lipinski definition) is 1. The number of methoxy groups -OCH3 is 1. The number of ether oxygens (including phenoxy) is 1. The van der Waals surface area contributed by atoms with Crippen LogP contribution < -0.4 is 0 Å². The third-order valence-electron chi connectivity index (χ3n) is 3.14. The van der Waals surface area contributed by atoms with E-state index in [1.54, 1.807) is 7.11 Å². The van der Waals surface area contributed by atoms with Crippen molar-refractivity contribution in [3.05, 3.63) is 0 Å². The number of alkyl halides is 1. The Bertz CT molecular complexity index is 138. The van der Waals surface area contributed by atoms with Crippen LogP contribution in [0.5, 0.6) is 0 Å². The molecule has 1 saturated carbocycles. The van der Waals surface area contributed by atoms with Gasteiger partial charge in [-0.2, -0.15) is 0 Å². The molecule has 0 spiro atoms. The summed E-state index contributed by atoms with van der Waals surface area (Å²) in [5.41, 5.74) is 0. The fourth-order valence-corrected chi connectivity index (χ4v) is 3.06. The molecule has 0 aliphatic heterocycles. The lowest BCUT2D eigenvalue weighted by Gasteiger charge is -2.22. The van der Waals surface area contributed by atoms with Crippen molar-refractivity contribution in [1.29, 1.82) is 0 Å². The zero-order valence-electron chi connectivity index (χ0n) is 8.76. The van der Waals surface area contributed by atoms with Crippen LogP contribution >= 0.6 is 15.9 Å². The molecule has 1 aliphatic rings. The molecule has 1 nitrogen and oxygen atoms in total. The Kier molecular flexibility index (Phi) is 5.34. The van der Waals surface area contributed by atoms with Gasteiger partial charge in [0.25, 0.3) is 0 Å². The van der Waals surface area contributed by atoms with E-state index in [9.17, 15) is 0 Å². The van der Waals surface area contributed by atoms with Crippen LogP contribution in [0.4, 0.5) is 0 Å². The van der Waals surface area contributed by atoms with E-state index >= 15 is 0 Å². The summed E-state index contributed by atoms with van der Waals surface area (Å²) >= 11 is 3.76. The number of rotatable bonds is 3. The van der Waals surface area contributed by atoms with Crippen LogP contribution in [-0.2, 0) is 4.74 Å². The van der Waals surface area contributed by atoms with Gasteiger partial charge in [-0.15, -0.1) is 0 Å². The molecule has 0 bridgehead atoms. The third kappa shape index (κ3) is 3.99. The Labute approximate surface area is 90.4 Å². The first kappa shape index (κ1) is 11.5. The molecule has 0 aromatic heterocycles. The number of halogens is 1. The van der Waals surface area contributed by atoms with Gasteiger partial charge in [0.1, 0.15) is 0 Å². The van der Waals surface area contributed by atoms with Crippen molar-refractivity contribution in [3.8, 4) is 0 Å². The lowest BCUT2D eigenvalue weighted by molar-refractivity contribution is 0.124. The van der Waals surface area contributed by atoms with Gasteiger partial charge in [0.05, 0.1) is 0 Å². The molecule has 1 aliphatic carbocycles. The summed E-state index contributed by atoms with van der Waals surface area (Å²) in [5.74, 6) is 1.59. The van der Waals surface area contributed by atoms with Crippen LogP contribution in [0.25, 0.3) is 0 Å². The summed E-state index contributed by atoms with van der Waals surface area (Å²) < 4.78 is 5.22. The van der Waals surface area contributed by atoms with Crippen LogP contribution in [0.15, 0.2) is 0 Å². The Balaban J connectivity index is 2.37. The fraction of sp³-hybridized carbons (Fsp3) is 1.00. The molecule has 0 heterocycles. The average molecular weight is 249 g/mol. The maximum absolute atomic E-state index is 5.22. The quantitative estimate of drug-likeness (QED) is 0.548. The molecule has 13 heavy (non-hydrogen) atoms. The molecule has 0 amide bonds. The van der Waals surface area contributed by atoms with E-state index in [1.807, 2.05) is 0 Å². The number of hydrogen-bond donors (Lipinski definition) is 0. The molecule has 0 aromatic rings. The van der Waals surface area contributed by atoms with E-state index in [0.29, 0.717) is 0 Å². The lowest BCUT2D eigenvalue weighted by Crippen LogP contribution is -2.18. The van der Waals surface area contributed by atoms with E-state index in [4.69, 9.17) is 4.74 Å². The minimum Gasteiger partial charge on any atom is -0.384 e. The zero-order valence-corrected chi connectivity index (χ0v) is 10.3. The van der Waals surface area contributed by atoms with Crippen LogP contribution in [0.1, 0.15) is 39.0 Å². The standard InChI is InChI=1S/C11H21BrO/c1-9(8-13-2)10-5-3-4-6-11(12)7-10/h9-11H,3-8H2,1-2H3. The topological polar surface area (TPSA) is 9.23 Å². The highest BCUT2D eigenvalue weighted by Gasteiger charge is 2.22. The summed E-state index contributed by atoms with van der Waals surface area (Å²) in [6.45, 7) is 3.24. The first-order valence-electron chi connectivity index (χ1n) is 5.37. The summed E-state index contributed by atoms with van der Waals surface area (Å²) in [6.07, 6.45) is 6.89. The van der Waals surface area contributed by atoms with Gasteiger partial charge < -0.3 is 4.74 Å². The molecule has 3 unspecified atom stereocenters. The van der Waals surface area contributed by atoms with Crippen molar-refractivity contribution < 1.29 is 4.74 Å². The molecule has 0 aromatic carbocycles. The second-order valence-electron chi connectivity index (χ2n) is 4.31. The largest absolute Gasteiger partial charge is 0.384 e. The second-order valence-corrected chi connectivity index (χ2v) is 5.61. The molecule has 2 heteroatoms. The van der Waals surface area contributed by atoms with Gasteiger partial charge >= 0.3 is 0 Å². The van der Waals surface area contributed by atoms with Gasteiger partial charge in [0.15, 0.2) is 0 Å². The highest BCUT2D eigenvalue weighted by Crippen LogP contribution is 2.32. The predicted octanol–water partition coefficient (Wildman–Crippen LogP) is 3.61. The fourth-order valence-electron chi connectivity index (χ4n) is 2.25. The van der Waals surface area contributed by atoms with Crippen molar-refractivity contribution in [2.24, 2.45) is 11.8 Å². The maximum Gasteiger partial charge on any atom is 0.0490 e. The molecular weight excluding hydrogens is 228 g/mol. The Morgan fingerprint density at radius 1 is 1.38 bits per heavy atom. The van der Waals surface area contributed by atoms with E-state index in [0.717, 1.165) is 23.3 Å². The maximum atomic E-state index is 5.22. The van der Waals surface area contributed by atoms with Crippen LogP contribution in [0.3, 0.4) is 0 Å². The van der Waals surface area contributed by atoms with Crippen molar-refractivity contribution in [1.82, 2.24) is 0 Å². The van der Waals surface area contributed by atoms with E-state index < -0.39 is 0 Å². The zero-order chi connectivity index (χ0) is 9.68. The Hall–Kier alpha value is 0.440. The molecule has 0 saturated heterocycles. The van der Waals surface area contributed by atoms with Crippen LogP contribution in [-0.4, -0.2) is 18.5 Å². The lowest BCUT2D eigenvalue weighted by atomic mass is 9.88. The van der Waals surface area contributed by atoms with Gasteiger partial charge in [-0.3, -0.25) is 0 Å². The molecule has 0 radical (unpaired) electrons. The highest BCUT2D eigenvalue weighted by molar-refractivity contribution is 9.09. The molecular formula is C11H21BrO. The van der Waals surface area contributed by atoms with Crippen molar-refractivity contribution in [2.75, 3.05) is 13.7 Å². The molecule has 78 valence electrons. The van der Waals surface area contributed by atoms with Crippen molar-refractivity contribution in [2.45, 2.75) is 43.9 Å². The van der Waals surface area contributed by atoms with Gasteiger partial charge in [0.2, 0.25) is 0 Å². The SMILES string of the molecule is COCC(C)C1CCCCC(Br)C1. The van der Waals surface area contributed by atoms with Gasteiger partial charge in [0, 0.05) is 18.5 Å². The Morgan fingerprint density at radius 3 is 2.77 bits per heavy atom. The highest BCUT2D eigenvalue weighted by atomic mass is 79.9. The molecule has 1 fully saturated rings. The van der Waals surface area contributed by atoms with Crippen LogP contribution in [0, 0.1) is 11.8 Å². The smallest absolute Gasteiger partial charge is 0.0490 e. The van der Waals surface area contributed by atoms with Crippen LogP contribution in [0.2, 0.25) is 0 Å². The van der Waals surface area contributed by atoms with E-state index in [-0.39, 0.29) is 0 Å². The van der Waals surface area contributed by atoms with Crippen molar-refractivity contribution >= 4 is 15.9 Å². The first-order chi connectivity index (χ1) is 6.24. The minimum atomic E-state index is 0.725. The van der Waals surface area contributed by atoms with E-state index in [1.165, 1.54) is 32.1 Å². The monoisotopic (exact) mass is 248 g/mol. The summed E-state index contributed by atoms with van der Waals surface area (Å²) in [6, 6.07) is 0. The molecule has 0 N–H and O–H groups in total. The summed E-state index contributed by atoms with van der Waals surface area (Å²) in [4.78, 5) is 0.749. The molecule has 3 atom stereocenters.